The minimum atomic E-state index is 0.211. The zero-order valence-electron chi connectivity index (χ0n) is 10.5. The predicted octanol–water partition coefficient (Wildman–Crippen LogP) is 2.99. The Morgan fingerprint density at radius 2 is 2.12 bits per heavy atom. The van der Waals surface area contributed by atoms with Gasteiger partial charge in [0.25, 0.3) is 0 Å². The average molecular weight is 234 g/mol. The number of aldehydes is 1. The molecule has 0 aromatic heterocycles. The van der Waals surface area contributed by atoms with Crippen LogP contribution in [0.1, 0.15) is 29.8 Å². The van der Waals surface area contributed by atoms with Crippen LogP contribution in [0, 0.1) is 0 Å². The third-order valence-corrected chi connectivity index (χ3v) is 2.28. The molecule has 92 valence electrons. The van der Waals surface area contributed by atoms with Crippen molar-refractivity contribution in [2.45, 2.75) is 20.3 Å². The summed E-state index contributed by atoms with van der Waals surface area (Å²) in [6.07, 6.45) is 3.69. The second-order valence-corrected chi connectivity index (χ2v) is 4.02. The Morgan fingerprint density at radius 1 is 1.35 bits per heavy atom. The predicted molar refractivity (Wildman–Crippen MR) is 67.5 cm³/mol. The molecule has 0 saturated carbocycles. The number of benzene rings is 1. The molecule has 0 aliphatic carbocycles. The molecule has 0 bridgehead atoms. The molecular formula is C14H18O3. The first-order chi connectivity index (χ1) is 8.17. The lowest BCUT2D eigenvalue weighted by atomic mass is 10.1. The monoisotopic (exact) mass is 234 g/mol. The highest BCUT2D eigenvalue weighted by Gasteiger charge is 2.04. The maximum Gasteiger partial charge on any atom is 0.188 e. The molecule has 0 heterocycles. The third-order valence-electron chi connectivity index (χ3n) is 2.28. The van der Waals surface area contributed by atoms with Crippen molar-refractivity contribution in [3.63, 3.8) is 0 Å². The second-order valence-electron chi connectivity index (χ2n) is 4.02. The number of hydrogen-bond acceptors (Lipinski definition) is 3. The zero-order valence-corrected chi connectivity index (χ0v) is 10.5. The van der Waals surface area contributed by atoms with Crippen molar-refractivity contribution in [3.05, 3.63) is 41.0 Å². The molecule has 0 aliphatic rings. The standard InChI is InChI=1S/C14H18O3/c1-11(2)4-6-13-8-12(9-15)5-7-14(13)17-10-16-3/h4-5,7-9H,6,10H2,1-3H3. The van der Waals surface area contributed by atoms with Gasteiger partial charge in [-0.15, -0.1) is 0 Å². The van der Waals surface area contributed by atoms with Crippen molar-refractivity contribution < 1.29 is 14.3 Å². The van der Waals surface area contributed by atoms with Crippen LogP contribution < -0.4 is 4.74 Å². The topological polar surface area (TPSA) is 35.5 Å². The fourth-order valence-electron chi connectivity index (χ4n) is 1.41. The number of carbonyl (C=O) groups excluding carboxylic acids is 1. The van der Waals surface area contributed by atoms with Gasteiger partial charge in [0.1, 0.15) is 12.0 Å². The molecule has 0 atom stereocenters. The van der Waals surface area contributed by atoms with Crippen LogP contribution in [-0.2, 0) is 11.2 Å². The number of allylic oxidation sites excluding steroid dienone is 2. The van der Waals surface area contributed by atoms with E-state index in [1.54, 1.807) is 19.2 Å². The van der Waals surface area contributed by atoms with Crippen molar-refractivity contribution >= 4 is 6.29 Å². The quantitative estimate of drug-likeness (QED) is 0.431. The van der Waals surface area contributed by atoms with Crippen molar-refractivity contribution in [1.82, 2.24) is 0 Å². The summed E-state index contributed by atoms with van der Waals surface area (Å²) in [4.78, 5) is 10.7. The molecule has 0 amide bonds. The fraction of sp³-hybridized carbons (Fsp3) is 0.357. The largest absolute Gasteiger partial charge is 0.467 e. The van der Waals surface area contributed by atoms with Crippen LogP contribution in [0.15, 0.2) is 29.8 Å². The molecule has 0 radical (unpaired) electrons. The summed E-state index contributed by atoms with van der Waals surface area (Å²) in [6.45, 7) is 4.29. The van der Waals surface area contributed by atoms with E-state index in [9.17, 15) is 4.79 Å². The smallest absolute Gasteiger partial charge is 0.188 e. The Bertz CT molecular complexity index is 404. The van der Waals surface area contributed by atoms with Gasteiger partial charge in [-0.3, -0.25) is 4.79 Å². The maximum atomic E-state index is 10.7. The molecule has 0 spiro atoms. The summed E-state index contributed by atoms with van der Waals surface area (Å²) in [6, 6.07) is 5.39. The lowest BCUT2D eigenvalue weighted by Crippen LogP contribution is -2.02. The average Bonchev–Trinajstić information content (AvgIpc) is 2.34. The molecule has 3 heteroatoms. The number of ether oxygens (including phenoxy) is 2. The van der Waals surface area contributed by atoms with Gasteiger partial charge >= 0.3 is 0 Å². The SMILES string of the molecule is COCOc1ccc(C=O)cc1CC=C(C)C. The van der Waals surface area contributed by atoms with Crippen LogP contribution in [0.3, 0.4) is 0 Å². The molecule has 1 aromatic carbocycles. The Kier molecular flexibility index (Phi) is 5.43. The van der Waals surface area contributed by atoms with Gasteiger partial charge in [-0.1, -0.05) is 11.6 Å². The lowest BCUT2D eigenvalue weighted by molar-refractivity contribution is 0.0505. The van der Waals surface area contributed by atoms with Gasteiger partial charge in [0.15, 0.2) is 6.79 Å². The van der Waals surface area contributed by atoms with Gasteiger partial charge < -0.3 is 9.47 Å². The minimum absolute atomic E-state index is 0.211. The van der Waals surface area contributed by atoms with Crippen LogP contribution in [0.2, 0.25) is 0 Å². The number of methoxy groups -OCH3 is 1. The molecule has 0 saturated heterocycles. The highest BCUT2D eigenvalue weighted by atomic mass is 16.7. The molecule has 0 fully saturated rings. The van der Waals surface area contributed by atoms with E-state index in [1.165, 1.54) is 5.57 Å². The van der Waals surface area contributed by atoms with Crippen molar-refractivity contribution in [3.8, 4) is 5.75 Å². The lowest BCUT2D eigenvalue weighted by Gasteiger charge is -2.10. The van der Waals surface area contributed by atoms with E-state index in [0.717, 1.165) is 24.0 Å². The van der Waals surface area contributed by atoms with E-state index in [4.69, 9.17) is 9.47 Å². The van der Waals surface area contributed by atoms with Gasteiger partial charge in [-0.25, -0.2) is 0 Å². The van der Waals surface area contributed by atoms with Crippen molar-refractivity contribution in [1.29, 1.82) is 0 Å². The van der Waals surface area contributed by atoms with Crippen LogP contribution in [-0.4, -0.2) is 20.2 Å². The normalized spacial score (nSPS) is 9.82. The second kappa shape index (κ2) is 6.86. The highest BCUT2D eigenvalue weighted by molar-refractivity contribution is 5.75. The summed E-state index contributed by atoms with van der Waals surface area (Å²) in [7, 11) is 1.58. The van der Waals surface area contributed by atoms with Gasteiger partial charge in [0.2, 0.25) is 0 Å². The molecule has 0 unspecified atom stereocenters. The molecule has 17 heavy (non-hydrogen) atoms. The maximum absolute atomic E-state index is 10.7. The summed E-state index contributed by atoms with van der Waals surface area (Å²) in [5.41, 5.74) is 2.89. The first kappa shape index (κ1) is 13.5. The third kappa shape index (κ3) is 4.41. The van der Waals surface area contributed by atoms with E-state index in [0.29, 0.717) is 5.56 Å². The first-order valence-electron chi connectivity index (χ1n) is 5.50. The van der Waals surface area contributed by atoms with Crippen molar-refractivity contribution in [2.75, 3.05) is 13.9 Å². The first-order valence-corrected chi connectivity index (χ1v) is 5.50. The van der Waals surface area contributed by atoms with Crippen LogP contribution in [0.25, 0.3) is 0 Å². The summed E-state index contributed by atoms with van der Waals surface area (Å²) < 4.78 is 10.3. The van der Waals surface area contributed by atoms with Gasteiger partial charge in [-0.05, 0) is 44.0 Å². The van der Waals surface area contributed by atoms with E-state index in [-0.39, 0.29) is 6.79 Å². The fourth-order valence-corrected chi connectivity index (χ4v) is 1.41. The van der Waals surface area contributed by atoms with E-state index >= 15 is 0 Å². The zero-order chi connectivity index (χ0) is 12.7. The van der Waals surface area contributed by atoms with Gasteiger partial charge in [0, 0.05) is 12.7 Å². The molecule has 1 aromatic rings. The molecule has 1 rings (SSSR count). The Labute approximate surface area is 102 Å². The number of carbonyl (C=O) groups is 1. The minimum Gasteiger partial charge on any atom is -0.467 e. The van der Waals surface area contributed by atoms with Gasteiger partial charge in [0.05, 0.1) is 0 Å². The summed E-state index contributed by atoms with van der Waals surface area (Å²) in [5.74, 6) is 0.759. The van der Waals surface area contributed by atoms with Crippen LogP contribution in [0.4, 0.5) is 0 Å². The van der Waals surface area contributed by atoms with E-state index in [1.807, 2.05) is 19.9 Å². The highest BCUT2D eigenvalue weighted by Crippen LogP contribution is 2.21. The number of hydrogen-bond donors (Lipinski definition) is 0. The Hall–Kier alpha value is -1.61. The van der Waals surface area contributed by atoms with Crippen LogP contribution >= 0.6 is 0 Å². The molecule has 0 N–H and O–H groups in total. The summed E-state index contributed by atoms with van der Waals surface area (Å²) in [5, 5.41) is 0. The Morgan fingerprint density at radius 3 is 2.71 bits per heavy atom. The molecule has 0 aliphatic heterocycles. The molecular weight excluding hydrogens is 216 g/mol. The molecule has 3 nitrogen and oxygen atoms in total. The number of rotatable bonds is 6. The van der Waals surface area contributed by atoms with Gasteiger partial charge in [-0.2, -0.15) is 0 Å². The summed E-state index contributed by atoms with van der Waals surface area (Å²) >= 11 is 0. The van der Waals surface area contributed by atoms with Crippen LogP contribution in [0.5, 0.6) is 5.75 Å². The van der Waals surface area contributed by atoms with E-state index in [2.05, 4.69) is 6.08 Å². The van der Waals surface area contributed by atoms with E-state index < -0.39 is 0 Å². The Balaban J connectivity index is 2.93. The van der Waals surface area contributed by atoms with Crippen molar-refractivity contribution in [2.24, 2.45) is 0 Å².